The van der Waals surface area contributed by atoms with Crippen LogP contribution in [0.25, 0.3) is 10.4 Å². The summed E-state index contributed by atoms with van der Waals surface area (Å²) in [6.45, 7) is 1.54. The van der Waals surface area contributed by atoms with Crippen molar-refractivity contribution in [1.82, 2.24) is 9.88 Å². The van der Waals surface area contributed by atoms with Crippen molar-refractivity contribution in [2.45, 2.75) is 25.5 Å². The molecule has 0 aliphatic carbocycles. The van der Waals surface area contributed by atoms with Crippen LogP contribution in [-0.2, 0) is 19.1 Å². The number of hydrogen-bond donors (Lipinski definition) is 2. The predicted octanol–water partition coefficient (Wildman–Crippen LogP) is 3.23. The highest BCUT2D eigenvalue weighted by atomic mass is 32.1. The van der Waals surface area contributed by atoms with Gasteiger partial charge in [-0.15, -0.1) is 11.3 Å². The van der Waals surface area contributed by atoms with Gasteiger partial charge in [0.1, 0.15) is 0 Å². The molecule has 3 saturated heterocycles. The van der Waals surface area contributed by atoms with E-state index >= 15 is 0 Å². The zero-order valence-corrected chi connectivity index (χ0v) is 18.9. The molecule has 3 fully saturated rings. The summed E-state index contributed by atoms with van der Waals surface area (Å²) < 4.78 is 11.0. The van der Waals surface area contributed by atoms with Crippen molar-refractivity contribution >= 4 is 35.2 Å². The molecule has 1 atom stereocenters. The van der Waals surface area contributed by atoms with Crippen LogP contribution in [0.3, 0.4) is 0 Å². The quantitative estimate of drug-likeness (QED) is 0.449. The van der Waals surface area contributed by atoms with Crippen LogP contribution in [0, 0.1) is 16.7 Å². The van der Waals surface area contributed by atoms with Gasteiger partial charge in [0.25, 0.3) is 0 Å². The van der Waals surface area contributed by atoms with E-state index in [2.05, 4.69) is 16.4 Å². The van der Waals surface area contributed by atoms with E-state index in [1.54, 1.807) is 23.7 Å². The molecule has 1 amide bonds. The fourth-order valence-corrected chi connectivity index (χ4v) is 4.99. The van der Waals surface area contributed by atoms with Gasteiger partial charge in [0.15, 0.2) is 12.0 Å². The molecule has 11 heteroatoms. The maximum absolute atomic E-state index is 12.6. The molecule has 2 aromatic rings. The first-order valence-electron chi connectivity index (χ1n) is 10.6. The molecule has 176 valence electrons. The molecule has 0 saturated carbocycles. The molecule has 2 bridgehead atoms. The van der Waals surface area contributed by atoms with Gasteiger partial charge in [-0.25, -0.2) is 19.4 Å². The Balaban J connectivity index is 1.35. The Bertz CT molecular complexity index is 1160. The Morgan fingerprint density at radius 3 is 2.85 bits per heavy atom. The van der Waals surface area contributed by atoms with Crippen molar-refractivity contribution in [1.29, 1.82) is 5.26 Å². The molecule has 5 rings (SSSR count). The lowest BCUT2D eigenvalue weighted by Crippen LogP contribution is -2.57. The third-order valence-electron chi connectivity index (χ3n) is 6.04. The van der Waals surface area contributed by atoms with E-state index in [9.17, 15) is 14.4 Å². The van der Waals surface area contributed by atoms with Crippen LogP contribution < -0.4 is 5.32 Å². The van der Waals surface area contributed by atoms with E-state index in [1.165, 1.54) is 11.3 Å². The number of carboxylic acid groups (broad SMARTS) is 1. The van der Waals surface area contributed by atoms with E-state index in [0.717, 1.165) is 35.4 Å². The number of aliphatic carboxylic acids is 1. The Hall–Kier alpha value is -3.75. The Labute approximate surface area is 199 Å². The number of carboxylic acids is 1. The van der Waals surface area contributed by atoms with Crippen molar-refractivity contribution in [3.8, 4) is 16.5 Å². The van der Waals surface area contributed by atoms with Gasteiger partial charge in [0.2, 0.25) is 0 Å². The van der Waals surface area contributed by atoms with Gasteiger partial charge in [-0.05, 0) is 30.5 Å². The Morgan fingerprint density at radius 2 is 2.12 bits per heavy atom. The lowest BCUT2D eigenvalue weighted by atomic mass is 9.72. The van der Waals surface area contributed by atoms with Crippen LogP contribution in [0.2, 0.25) is 0 Å². The molecule has 3 aliphatic heterocycles. The Morgan fingerprint density at radius 1 is 1.32 bits per heavy atom. The molecule has 34 heavy (non-hydrogen) atoms. The van der Waals surface area contributed by atoms with E-state index in [-0.39, 0.29) is 12.0 Å². The minimum atomic E-state index is -1.22. The highest BCUT2D eigenvalue weighted by molar-refractivity contribution is 7.13. The van der Waals surface area contributed by atoms with Crippen LogP contribution in [0.5, 0.6) is 0 Å². The summed E-state index contributed by atoms with van der Waals surface area (Å²) >= 11 is 1.34. The zero-order valence-electron chi connectivity index (χ0n) is 18.1. The van der Waals surface area contributed by atoms with E-state index in [1.807, 2.05) is 11.0 Å². The number of anilines is 1. The van der Waals surface area contributed by atoms with Crippen molar-refractivity contribution in [2.24, 2.45) is 5.41 Å². The number of nitrogens with zero attached hydrogens (tertiary/aromatic N) is 3. The topological polar surface area (TPSA) is 142 Å². The van der Waals surface area contributed by atoms with Crippen molar-refractivity contribution in [3.05, 3.63) is 47.5 Å². The molecule has 2 N–H and O–H groups in total. The molecule has 1 unspecified atom stereocenters. The summed E-state index contributed by atoms with van der Waals surface area (Å²) in [4.78, 5) is 42.0. The number of aromatic nitrogens is 1. The van der Waals surface area contributed by atoms with Crippen molar-refractivity contribution < 1.29 is 29.0 Å². The van der Waals surface area contributed by atoms with Gasteiger partial charge in [-0.3, -0.25) is 10.2 Å². The molecular weight excluding hydrogens is 460 g/mol. The van der Waals surface area contributed by atoms with Crippen LogP contribution in [0.15, 0.2) is 41.9 Å². The second-order valence-electron chi connectivity index (χ2n) is 8.23. The number of carbonyl (C=O) groups excluding carboxylic acids is 2. The molecule has 1 aromatic heterocycles. The highest BCUT2D eigenvalue weighted by Gasteiger charge is 2.47. The van der Waals surface area contributed by atoms with E-state index < -0.39 is 24.3 Å². The third kappa shape index (κ3) is 5.41. The average molecular weight is 483 g/mol. The summed E-state index contributed by atoms with van der Waals surface area (Å²) in [5.41, 5.74) is 2.57. The van der Waals surface area contributed by atoms with Gasteiger partial charge in [0.05, 0.1) is 28.6 Å². The highest BCUT2D eigenvalue weighted by Crippen LogP contribution is 2.44. The minimum Gasteiger partial charge on any atom is -0.478 e. The van der Waals surface area contributed by atoms with Crippen molar-refractivity contribution in [2.75, 3.05) is 25.0 Å². The molecule has 10 nitrogen and oxygen atoms in total. The SMILES string of the molecule is N#Cc1cccc(-c2scnc2NC(=O)OCC23CCN(CC2)C(OC(=O)/C=C/C(=O)O)C3)c1. The Kier molecular flexibility index (Phi) is 6.90. The number of nitriles is 1. The van der Waals surface area contributed by atoms with Crippen molar-refractivity contribution in [3.63, 3.8) is 0 Å². The molecule has 0 radical (unpaired) electrons. The maximum Gasteiger partial charge on any atom is 0.412 e. The summed E-state index contributed by atoms with van der Waals surface area (Å²) in [5, 5.41) is 20.5. The van der Waals surface area contributed by atoms with Crippen LogP contribution in [0.1, 0.15) is 24.8 Å². The molecular formula is C23H22N4O6S. The standard InChI is InChI=1S/C23H22N4O6S/c24-12-15-2-1-3-16(10-15)20-21(25-14-34-20)26-22(31)32-13-23-6-8-27(9-7-23)17(11-23)33-19(30)5-4-18(28)29/h1-5,10,14,17H,6-9,11,13H2,(H,26,31)(H,28,29)/b5-4+. The normalized spacial score (nSPS) is 23.3. The second kappa shape index (κ2) is 10.0. The smallest absolute Gasteiger partial charge is 0.412 e. The van der Waals surface area contributed by atoms with Gasteiger partial charge >= 0.3 is 18.0 Å². The molecule has 0 spiro atoms. The van der Waals surface area contributed by atoms with Crippen LogP contribution in [-0.4, -0.2) is 58.9 Å². The number of thiazole rings is 1. The lowest BCUT2D eigenvalue weighted by Gasteiger charge is -2.51. The number of benzene rings is 1. The summed E-state index contributed by atoms with van der Waals surface area (Å²) in [5.74, 6) is -1.58. The third-order valence-corrected chi connectivity index (χ3v) is 6.91. The minimum absolute atomic E-state index is 0.162. The number of fused-ring (bicyclic) bond motifs is 3. The molecule has 4 heterocycles. The van der Waals surface area contributed by atoms with Gasteiger partial charge < -0.3 is 14.6 Å². The van der Waals surface area contributed by atoms with Gasteiger partial charge in [-0.2, -0.15) is 5.26 Å². The first-order valence-corrected chi connectivity index (χ1v) is 11.5. The first-order chi connectivity index (χ1) is 16.4. The van der Waals surface area contributed by atoms with Crippen LogP contribution in [0.4, 0.5) is 10.6 Å². The summed E-state index contributed by atoms with van der Waals surface area (Å²) in [6, 6.07) is 9.13. The first kappa shape index (κ1) is 23.4. The predicted molar refractivity (Wildman–Crippen MR) is 122 cm³/mol. The molecule has 1 aromatic carbocycles. The number of piperidine rings is 3. The number of ether oxygens (including phenoxy) is 2. The average Bonchev–Trinajstić information content (AvgIpc) is 3.30. The fourth-order valence-electron chi connectivity index (χ4n) is 4.24. The number of amides is 1. The number of esters is 1. The number of carbonyl (C=O) groups is 3. The number of hydrogen-bond acceptors (Lipinski definition) is 9. The zero-order chi connectivity index (χ0) is 24.1. The largest absolute Gasteiger partial charge is 0.478 e. The number of nitrogens with one attached hydrogen (secondary N) is 1. The summed E-state index contributed by atoms with van der Waals surface area (Å²) in [7, 11) is 0. The van der Waals surface area contributed by atoms with Crippen LogP contribution >= 0.6 is 11.3 Å². The fraction of sp³-hybridized carbons (Fsp3) is 0.348. The maximum atomic E-state index is 12.6. The van der Waals surface area contributed by atoms with E-state index in [4.69, 9.17) is 19.8 Å². The monoisotopic (exact) mass is 482 g/mol. The molecule has 3 aliphatic rings. The summed E-state index contributed by atoms with van der Waals surface area (Å²) in [6.07, 6.45) is 2.59. The van der Waals surface area contributed by atoms with Gasteiger partial charge in [0, 0.05) is 37.1 Å². The second-order valence-corrected chi connectivity index (χ2v) is 9.08. The number of rotatable bonds is 7. The van der Waals surface area contributed by atoms with Gasteiger partial charge in [-0.1, -0.05) is 12.1 Å². The van der Waals surface area contributed by atoms with E-state index in [0.29, 0.717) is 30.9 Å². The lowest BCUT2D eigenvalue weighted by molar-refractivity contribution is -0.178.